The van der Waals surface area contributed by atoms with E-state index in [1.807, 2.05) is 32.9 Å². The Kier molecular flexibility index (Phi) is 7.34. The number of thioether (sulfide) groups is 1. The molecule has 1 aromatic rings. The van der Waals surface area contributed by atoms with Gasteiger partial charge in [-0.2, -0.15) is 0 Å². The molecule has 0 unspecified atom stereocenters. The average Bonchev–Trinajstić information content (AvgIpc) is 2.86. The van der Waals surface area contributed by atoms with E-state index < -0.39 is 0 Å². The summed E-state index contributed by atoms with van der Waals surface area (Å²) in [5.74, 6) is 0.922. The van der Waals surface area contributed by atoms with Crippen LogP contribution in [-0.2, 0) is 4.79 Å². The van der Waals surface area contributed by atoms with Gasteiger partial charge >= 0.3 is 0 Å². The Morgan fingerprint density at radius 1 is 1.35 bits per heavy atom. The topological polar surface area (TPSA) is 55.8 Å². The van der Waals surface area contributed by atoms with E-state index in [1.165, 1.54) is 11.0 Å². The number of amides is 2. The molecule has 0 N–H and O–H groups in total. The molecule has 0 bridgehead atoms. The lowest BCUT2D eigenvalue weighted by Gasteiger charge is -2.18. The summed E-state index contributed by atoms with van der Waals surface area (Å²) in [6.07, 6.45) is 4.14. The summed E-state index contributed by atoms with van der Waals surface area (Å²) in [6, 6.07) is 3.66. The monoisotopic (exact) mass is 439 g/mol. The first-order valence-corrected chi connectivity index (χ1v) is 10.0. The van der Waals surface area contributed by atoms with Crippen LogP contribution in [0.3, 0.4) is 0 Å². The van der Waals surface area contributed by atoms with E-state index in [2.05, 4.69) is 22.5 Å². The highest BCUT2D eigenvalue weighted by Crippen LogP contribution is 2.40. The molecule has 1 saturated heterocycles. The molecule has 5 nitrogen and oxygen atoms in total. The molecular formula is C19H22BrNO4S. The summed E-state index contributed by atoms with van der Waals surface area (Å²) < 4.78 is 12.4. The zero-order valence-electron chi connectivity index (χ0n) is 15.1. The number of halogens is 1. The van der Waals surface area contributed by atoms with Gasteiger partial charge in [0.25, 0.3) is 11.1 Å². The first kappa shape index (κ1) is 20.6. The summed E-state index contributed by atoms with van der Waals surface area (Å²) in [4.78, 5) is 25.8. The Morgan fingerprint density at radius 2 is 2.08 bits per heavy atom. The second kappa shape index (κ2) is 9.28. The van der Waals surface area contributed by atoms with Gasteiger partial charge in [-0.15, -0.1) is 6.58 Å². The number of carbonyl (C=O) groups excluding carboxylic acids is 2. The SMILES string of the molecule is C=CCN1C(=O)S/C(=C/c2cc(Br)c(O[C@H](C)CC)c(OCC)c2)C1=O. The Labute approximate surface area is 166 Å². The van der Waals surface area contributed by atoms with Crippen molar-refractivity contribution in [2.24, 2.45) is 0 Å². The lowest BCUT2D eigenvalue weighted by Crippen LogP contribution is -2.27. The fourth-order valence-electron chi connectivity index (χ4n) is 2.27. The van der Waals surface area contributed by atoms with Crippen LogP contribution in [0.5, 0.6) is 11.5 Å². The number of hydrogen-bond donors (Lipinski definition) is 0. The third kappa shape index (κ3) is 4.71. The average molecular weight is 440 g/mol. The Morgan fingerprint density at radius 3 is 2.69 bits per heavy atom. The summed E-state index contributed by atoms with van der Waals surface area (Å²) >= 11 is 4.45. The molecule has 2 rings (SSSR count). The van der Waals surface area contributed by atoms with Crippen LogP contribution < -0.4 is 9.47 Å². The van der Waals surface area contributed by atoms with Gasteiger partial charge in [0.2, 0.25) is 0 Å². The van der Waals surface area contributed by atoms with Gasteiger partial charge in [-0.25, -0.2) is 0 Å². The first-order valence-electron chi connectivity index (χ1n) is 8.40. The number of ether oxygens (including phenoxy) is 2. The van der Waals surface area contributed by atoms with E-state index in [0.717, 1.165) is 28.2 Å². The van der Waals surface area contributed by atoms with Crippen molar-refractivity contribution in [1.29, 1.82) is 0 Å². The molecule has 0 spiro atoms. The van der Waals surface area contributed by atoms with Crippen LogP contribution in [0.2, 0.25) is 0 Å². The van der Waals surface area contributed by atoms with Crippen molar-refractivity contribution in [3.8, 4) is 11.5 Å². The standard InChI is InChI=1S/C19H22BrNO4S/c1-5-8-21-18(22)16(26-19(21)23)11-13-9-14(20)17(25-12(4)6-2)15(10-13)24-7-3/h5,9-12H,1,6-8H2,2-4H3/b16-11+/t12-/m1/s1. The highest BCUT2D eigenvalue weighted by Gasteiger charge is 2.34. The van der Waals surface area contributed by atoms with Crippen LogP contribution in [0.1, 0.15) is 32.8 Å². The lowest BCUT2D eigenvalue weighted by atomic mass is 10.1. The van der Waals surface area contributed by atoms with E-state index >= 15 is 0 Å². The minimum atomic E-state index is -0.311. The molecule has 1 heterocycles. The third-order valence-corrected chi connectivity index (χ3v) is 5.21. The van der Waals surface area contributed by atoms with Gasteiger partial charge in [-0.1, -0.05) is 13.0 Å². The van der Waals surface area contributed by atoms with E-state index in [9.17, 15) is 9.59 Å². The Bertz CT molecular complexity index is 747. The number of hydrogen-bond acceptors (Lipinski definition) is 5. The second-order valence-electron chi connectivity index (χ2n) is 5.68. The number of rotatable bonds is 8. The van der Waals surface area contributed by atoms with Crippen LogP contribution in [0.15, 0.2) is 34.2 Å². The number of nitrogens with zero attached hydrogens (tertiary/aromatic N) is 1. The number of benzene rings is 1. The maximum Gasteiger partial charge on any atom is 0.293 e. The van der Waals surface area contributed by atoms with Crippen molar-refractivity contribution in [2.45, 2.75) is 33.3 Å². The molecular weight excluding hydrogens is 418 g/mol. The molecule has 0 aliphatic carbocycles. The summed E-state index contributed by atoms with van der Waals surface area (Å²) in [5.41, 5.74) is 0.751. The zero-order chi connectivity index (χ0) is 19.3. The third-order valence-electron chi connectivity index (χ3n) is 3.71. The molecule has 140 valence electrons. The van der Waals surface area contributed by atoms with Crippen molar-refractivity contribution >= 4 is 44.9 Å². The Balaban J connectivity index is 2.37. The van der Waals surface area contributed by atoms with E-state index in [1.54, 1.807) is 6.08 Å². The van der Waals surface area contributed by atoms with Gasteiger partial charge in [-0.05, 0) is 71.7 Å². The lowest BCUT2D eigenvalue weighted by molar-refractivity contribution is -0.122. The maximum absolute atomic E-state index is 12.4. The molecule has 1 aliphatic rings. The van der Waals surface area contributed by atoms with Crippen LogP contribution in [-0.4, -0.2) is 35.3 Å². The smallest absolute Gasteiger partial charge is 0.293 e. The fourth-order valence-corrected chi connectivity index (χ4v) is 3.67. The van der Waals surface area contributed by atoms with E-state index in [0.29, 0.717) is 23.0 Å². The molecule has 1 atom stereocenters. The van der Waals surface area contributed by atoms with Crippen LogP contribution >= 0.6 is 27.7 Å². The van der Waals surface area contributed by atoms with Gasteiger partial charge in [0, 0.05) is 6.54 Å². The van der Waals surface area contributed by atoms with Crippen molar-refractivity contribution in [2.75, 3.05) is 13.2 Å². The molecule has 1 fully saturated rings. The van der Waals surface area contributed by atoms with Crippen LogP contribution in [0.25, 0.3) is 6.08 Å². The first-order chi connectivity index (χ1) is 12.4. The highest BCUT2D eigenvalue weighted by molar-refractivity contribution is 9.10. The summed E-state index contributed by atoms with van der Waals surface area (Å²) in [7, 11) is 0. The van der Waals surface area contributed by atoms with E-state index in [-0.39, 0.29) is 23.8 Å². The van der Waals surface area contributed by atoms with Gasteiger partial charge in [0.15, 0.2) is 11.5 Å². The molecule has 0 aromatic heterocycles. The van der Waals surface area contributed by atoms with Gasteiger partial charge in [-0.3, -0.25) is 14.5 Å². The zero-order valence-corrected chi connectivity index (χ0v) is 17.5. The molecule has 2 amide bonds. The minimum absolute atomic E-state index is 0.0479. The second-order valence-corrected chi connectivity index (χ2v) is 7.53. The van der Waals surface area contributed by atoms with Crippen LogP contribution in [0, 0.1) is 0 Å². The largest absolute Gasteiger partial charge is 0.490 e. The van der Waals surface area contributed by atoms with Crippen molar-refractivity contribution in [3.63, 3.8) is 0 Å². The predicted molar refractivity (Wildman–Crippen MR) is 109 cm³/mol. The van der Waals surface area contributed by atoms with Gasteiger partial charge < -0.3 is 9.47 Å². The fraction of sp³-hybridized carbons (Fsp3) is 0.368. The molecule has 7 heteroatoms. The maximum atomic E-state index is 12.4. The van der Waals surface area contributed by atoms with Crippen LogP contribution in [0.4, 0.5) is 4.79 Å². The molecule has 26 heavy (non-hydrogen) atoms. The van der Waals surface area contributed by atoms with Gasteiger partial charge in [0.1, 0.15) is 0 Å². The quantitative estimate of drug-likeness (QED) is 0.408. The predicted octanol–water partition coefficient (Wildman–Crippen LogP) is 5.25. The number of carbonyl (C=O) groups is 2. The van der Waals surface area contributed by atoms with Gasteiger partial charge in [0.05, 0.1) is 22.1 Å². The normalized spacial score (nSPS) is 16.9. The van der Waals surface area contributed by atoms with Crippen molar-refractivity contribution < 1.29 is 19.1 Å². The van der Waals surface area contributed by atoms with Crippen molar-refractivity contribution in [1.82, 2.24) is 4.90 Å². The molecule has 1 aromatic carbocycles. The molecule has 0 saturated carbocycles. The Hall–Kier alpha value is -1.73. The van der Waals surface area contributed by atoms with E-state index in [4.69, 9.17) is 9.47 Å². The molecule has 1 aliphatic heterocycles. The highest BCUT2D eigenvalue weighted by atomic mass is 79.9. The molecule has 0 radical (unpaired) electrons. The van der Waals surface area contributed by atoms with Crippen molar-refractivity contribution in [3.05, 3.63) is 39.7 Å². The summed E-state index contributed by atoms with van der Waals surface area (Å²) in [6.45, 7) is 10.2. The minimum Gasteiger partial charge on any atom is -0.490 e. The summed E-state index contributed by atoms with van der Waals surface area (Å²) in [5, 5.41) is -0.290. The number of imide groups is 1.